The topological polar surface area (TPSA) is 55.1 Å². The van der Waals surface area contributed by atoms with Crippen molar-refractivity contribution < 1.29 is 9.18 Å². The maximum atomic E-state index is 13.6. The van der Waals surface area contributed by atoms with Crippen molar-refractivity contribution in [3.8, 4) is 0 Å². The Morgan fingerprint density at radius 2 is 1.90 bits per heavy atom. The molecule has 0 bridgehead atoms. The van der Waals surface area contributed by atoms with Gasteiger partial charge in [0.05, 0.1) is 0 Å². The molecule has 0 fully saturated rings. The molecule has 0 aliphatic carbocycles. The molecule has 3 N–H and O–H groups in total. The number of nitrogens with two attached hydrogens (primary N) is 1. The first-order valence-electron chi connectivity index (χ1n) is 6.93. The van der Waals surface area contributed by atoms with Crippen molar-refractivity contribution in [1.29, 1.82) is 0 Å². The van der Waals surface area contributed by atoms with E-state index >= 15 is 0 Å². The Labute approximate surface area is 124 Å². The maximum Gasteiger partial charge on any atom is 0.251 e. The molecule has 0 spiro atoms. The van der Waals surface area contributed by atoms with Crippen LogP contribution in [-0.4, -0.2) is 5.91 Å². The molecule has 0 heterocycles. The fourth-order valence-corrected chi connectivity index (χ4v) is 2.18. The summed E-state index contributed by atoms with van der Waals surface area (Å²) in [6.45, 7) is 4.07. The number of hydrogen-bond acceptors (Lipinski definition) is 2. The van der Waals surface area contributed by atoms with Gasteiger partial charge in [0.25, 0.3) is 5.91 Å². The van der Waals surface area contributed by atoms with Crippen LogP contribution in [0, 0.1) is 12.7 Å². The van der Waals surface area contributed by atoms with Crippen LogP contribution in [0.5, 0.6) is 0 Å². The summed E-state index contributed by atoms with van der Waals surface area (Å²) in [6.07, 6.45) is 0.901. The molecular weight excluding hydrogens is 267 g/mol. The Balaban J connectivity index is 2.12. The Hall–Kier alpha value is -2.36. The third kappa shape index (κ3) is 3.40. The first-order valence-corrected chi connectivity index (χ1v) is 6.93. The Morgan fingerprint density at radius 1 is 1.24 bits per heavy atom. The van der Waals surface area contributed by atoms with Gasteiger partial charge >= 0.3 is 0 Å². The van der Waals surface area contributed by atoms with Gasteiger partial charge in [0, 0.05) is 23.4 Å². The van der Waals surface area contributed by atoms with Gasteiger partial charge < -0.3 is 11.1 Å². The highest BCUT2D eigenvalue weighted by atomic mass is 19.1. The molecule has 3 nitrogen and oxygen atoms in total. The zero-order valence-corrected chi connectivity index (χ0v) is 12.2. The number of nitrogen functional groups attached to an aromatic ring is 1. The van der Waals surface area contributed by atoms with Gasteiger partial charge in [0.15, 0.2) is 0 Å². The van der Waals surface area contributed by atoms with E-state index in [0.717, 1.165) is 12.0 Å². The summed E-state index contributed by atoms with van der Waals surface area (Å²) in [6, 6.07) is 10.6. The standard InChI is InChI=1S/C17H19FN2O/c1-3-12-6-4-5-7-13(12)10-20-17(21)14-8-15(18)11(2)16(19)9-14/h4-9H,3,10,19H2,1-2H3,(H,20,21). The Kier molecular flexibility index (Phi) is 4.58. The third-order valence-electron chi connectivity index (χ3n) is 3.59. The maximum absolute atomic E-state index is 13.6. The monoisotopic (exact) mass is 286 g/mol. The third-order valence-corrected chi connectivity index (χ3v) is 3.59. The first kappa shape index (κ1) is 15.0. The van der Waals surface area contributed by atoms with Crippen LogP contribution in [0.25, 0.3) is 0 Å². The number of anilines is 1. The van der Waals surface area contributed by atoms with Crippen molar-refractivity contribution in [2.24, 2.45) is 0 Å². The number of nitrogens with one attached hydrogen (secondary N) is 1. The van der Waals surface area contributed by atoms with Crippen molar-refractivity contribution in [2.45, 2.75) is 26.8 Å². The summed E-state index contributed by atoms with van der Waals surface area (Å²) in [5.74, 6) is -0.791. The van der Waals surface area contributed by atoms with Gasteiger partial charge in [-0.15, -0.1) is 0 Å². The molecule has 0 saturated carbocycles. The van der Waals surface area contributed by atoms with Crippen molar-refractivity contribution in [3.05, 3.63) is 64.5 Å². The molecule has 110 valence electrons. The first-order chi connectivity index (χ1) is 10.0. The number of halogens is 1. The lowest BCUT2D eigenvalue weighted by molar-refractivity contribution is 0.0950. The second kappa shape index (κ2) is 6.39. The summed E-state index contributed by atoms with van der Waals surface area (Å²) in [5.41, 5.74) is 8.83. The zero-order chi connectivity index (χ0) is 15.4. The Bertz CT molecular complexity index is 645. The fourth-order valence-electron chi connectivity index (χ4n) is 2.18. The van der Waals surface area contributed by atoms with Crippen LogP contribution in [0.4, 0.5) is 10.1 Å². The van der Waals surface area contributed by atoms with Gasteiger partial charge in [0.2, 0.25) is 0 Å². The molecule has 0 atom stereocenters. The second-order valence-electron chi connectivity index (χ2n) is 4.98. The SMILES string of the molecule is CCc1ccccc1CNC(=O)c1cc(N)c(C)c(F)c1. The average Bonchev–Trinajstić information content (AvgIpc) is 2.49. The van der Waals surface area contributed by atoms with Crippen LogP contribution in [0.3, 0.4) is 0 Å². The molecule has 0 saturated heterocycles. The quantitative estimate of drug-likeness (QED) is 0.848. The fraction of sp³-hybridized carbons (Fsp3) is 0.235. The summed E-state index contributed by atoms with van der Waals surface area (Å²) in [7, 11) is 0. The molecule has 4 heteroatoms. The lowest BCUT2D eigenvalue weighted by atomic mass is 10.0. The van der Waals surface area contributed by atoms with Crippen molar-refractivity contribution in [2.75, 3.05) is 5.73 Å². The molecule has 0 unspecified atom stereocenters. The summed E-state index contributed by atoms with van der Waals surface area (Å²) >= 11 is 0. The van der Waals surface area contributed by atoms with E-state index in [1.165, 1.54) is 17.7 Å². The van der Waals surface area contributed by atoms with Gasteiger partial charge in [-0.25, -0.2) is 4.39 Å². The van der Waals surface area contributed by atoms with Crippen molar-refractivity contribution >= 4 is 11.6 Å². The number of carbonyl (C=O) groups excluding carboxylic acids is 1. The molecule has 0 aliphatic heterocycles. The largest absolute Gasteiger partial charge is 0.398 e. The predicted octanol–water partition coefficient (Wildman–Crippen LogP) is 3.21. The van der Waals surface area contributed by atoms with E-state index in [9.17, 15) is 9.18 Å². The predicted molar refractivity (Wildman–Crippen MR) is 82.5 cm³/mol. The molecule has 0 aliphatic rings. The molecular formula is C17H19FN2O. The molecule has 21 heavy (non-hydrogen) atoms. The van der Waals surface area contributed by atoms with E-state index in [4.69, 9.17) is 5.73 Å². The molecule has 0 aromatic heterocycles. The van der Waals surface area contributed by atoms with Gasteiger partial charge in [0.1, 0.15) is 5.82 Å². The van der Waals surface area contributed by atoms with Gasteiger partial charge in [-0.2, -0.15) is 0 Å². The summed E-state index contributed by atoms with van der Waals surface area (Å²) in [4.78, 5) is 12.1. The lowest BCUT2D eigenvalue weighted by Crippen LogP contribution is -2.23. The number of benzene rings is 2. The van der Waals surface area contributed by atoms with E-state index in [1.807, 2.05) is 24.3 Å². The number of amides is 1. The number of rotatable bonds is 4. The highest BCUT2D eigenvalue weighted by Gasteiger charge is 2.11. The van der Waals surface area contributed by atoms with Crippen LogP contribution in [0.2, 0.25) is 0 Å². The minimum Gasteiger partial charge on any atom is -0.398 e. The molecule has 2 aromatic carbocycles. The lowest BCUT2D eigenvalue weighted by Gasteiger charge is -2.10. The van der Waals surface area contributed by atoms with E-state index in [2.05, 4.69) is 12.2 Å². The average molecular weight is 286 g/mol. The van der Waals surface area contributed by atoms with Crippen molar-refractivity contribution in [3.63, 3.8) is 0 Å². The number of hydrogen-bond donors (Lipinski definition) is 2. The Morgan fingerprint density at radius 3 is 2.52 bits per heavy atom. The highest BCUT2D eigenvalue weighted by molar-refractivity contribution is 5.95. The molecule has 2 aromatic rings. The molecule has 0 radical (unpaired) electrons. The normalized spacial score (nSPS) is 10.4. The van der Waals surface area contributed by atoms with Crippen molar-refractivity contribution in [1.82, 2.24) is 5.32 Å². The number of carbonyl (C=O) groups is 1. The van der Waals surface area contributed by atoms with Gasteiger partial charge in [-0.3, -0.25) is 4.79 Å². The summed E-state index contributed by atoms with van der Waals surface area (Å²) < 4.78 is 13.6. The van der Waals surface area contributed by atoms with Crippen LogP contribution in [-0.2, 0) is 13.0 Å². The van der Waals surface area contributed by atoms with E-state index in [-0.39, 0.29) is 17.2 Å². The molecule has 2 rings (SSSR count). The second-order valence-corrected chi connectivity index (χ2v) is 4.98. The van der Waals surface area contributed by atoms with Gasteiger partial charge in [-0.05, 0) is 36.6 Å². The minimum atomic E-state index is -0.464. The zero-order valence-electron chi connectivity index (χ0n) is 12.2. The van der Waals surface area contributed by atoms with Gasteiger partial charge in [-0.1, -0.05) is 31.2 Å². The van der Waals surface area contributed by atoms with Crippen LogP contribution in [0.15, 0.2) is 36.4 Å². The van der Waals surface area contributed by atoms with E-state index in [0.29, 0.717) is 12.1 Å². The van der Waals surface area contributed by atoms with Crippen LogP contribution in [0.1, 0.15) is 34.0 Å². The van der Waals surface area contributed by atoms with Crippen LogP contribution >= 0.6 is 0 Å². The molecule has 1 amide bonds. The van der Waals surface area contributed by atoms with E-state index < -0.39 is 5.82 Å². The number of aryl methyl sites for hydroxylation is 1. The smallest absolute Gasteiger partial charge is 0.251 e. The highest BCUT2D eigenvalue weighted by Crippen LogP contribution is 2.17. The minimum absolute atomic E-state index is 0.240. The van der Waals surface area contributed by atoms with Crippen LogP contribution < -0.4 is 11.1 Å². The summed E-state index contributed by atoms with van der Waals surface area (Å²) in [5, 5.41) is 2.80. The van der Waals surface area contributed by atoms with E-state index in [1.54, 1.807) is 6.92 Å².